The minimum absolute atomic E-state index is 0.729. The predicted octanol–water partition coefficient (Wildman–Crippen LogP) is 2.14. The smallest absolute Gasteiger partial charge is 0.0335 e. The molecule has 3 nitrogen and oxygen atoms in total. The van der Waals surface area contributed by atoms with E-state index in [4.69, 9.17) is 5.53 Å². The second-order valence-corrected chi connectivity index (χ2v) is 1.46. The summed E-state index contributed by atoms with van der Waals surface area (Å²) in [5.41, 5.74) is 8.64. The average molecular weight is 107 g/mol. The SMILES string of the molecule is [N-]=[N+]=NC1=CCC=C1. The molecule has 0 aliphatic heterocycles. The fourth-order valence-electron chi connectivity index (χ4n) is 0.571. The van der Waals surface area contributed by atoms with Gasteiger partial charge in [-0.3, -0.25) is 0 Å². The molecule has 0 N–H and O–H groups in total. The van der Waals surface area contributed by atoms with Crippen LogP contribution in [0.5, 0.6) is 0 Å². The van der Waals surface area contributed by atoms with Gasteiger partial charge in [-0.15, -0.1) is 0 Å². The highest BCUT2D eigenvalue weighted by Crippen LogP contribution is 2.08. The summed E-state index contributed by atoms with van der Waals surface area (Å²) < 4.78 is 0. The third-order valence-corrected chi connectivity index (χ3v) is 0.912. The van der Waals surface area contributed by atoms with Crippen LogP contribution in [0.15, 0.2) is 29.0 Å². The Morgan fingerprint density at radius 3 is 3.12 bits per heavy atom. The Morgan fingerprint density at radius 2 is 2.62 bits per heavy atom. The molecule has 0 unspecified atom stereocenters. The molecule has 40 valence electrons. The molecule has 0 heterocycles. The average Bonchev–Trinajstić information content (AvgIpc) is 2.19. The van der Waals surface area contributed by atoms with E-state index in [9.17, 15) is 0 Å². The van der Waals surface area contributed by atoms with Crippen LogP contribution < -0.4 is 0 Å². The lowest BCUT2D eigenvalue weighted by atomic mass is 10.5. The number of rotatable bonds is 1. The van der Waals surface area contributed by atoms with Crippen molar-refractivity contribution < 1.29 is 0 Å². The summed E-state index contributed by atoms with van der Waals surface area (Å²) in [6, 6.07) is 0. The third kappa shape index (κ3) is 0.891. The van der Waals surface area contributed by atoms with Crippen LogP contribution in [0.4, 0.5) is 0 Å². The molecule has 0 bridgehead atoms. The van der Waals surface area contributed by atoms with E-state index in [-0.39, 0.29) is 0 Å². The summed E-state index contributed by atoms with van der Waals surface area (Å²) >= 11 is 0. The van der Waals surface area contributed by atoms with Crippen molar-refractivity contribution in [3.05, 3.63) is 34.4 Å². The van der Waals surface area contributed by atoms with Crippen LogP contribution in [0.2, 0.25) is 0 Å². The second kappa shape index (κ2) is 2.19. The van der Waals surface area contributed by atoms with Gasteiger partial charge in [-0.25, -0.2) is 0 Å². The highest BCUT2D eigenvalue weighted by atomic mass is 15.1. The molecule has 0 atom stereocenters. The lowest BCUT2D eigenvalue weighted by Crippen LogP contribution is -1.57. The second-order valence-electron chi connectivity index (χ2n) is 1.46. The van der Waals surface area contributed by atoms with Gasteiger partial charge >= 0.3 is 0 Å². The van der Waals surface area contributed by atoms with Gasteiger partial charge in [-0.1, -0.05) is 23.3 Å². The molecule has 0 saturated heterocycles. The van der Waals surface area contributed by atoms with Crippen LogP contribution in [0.25, 0.3) is 10.4 Å². The molecule has 0 saturated carbocycles. The van der Waals surface area contributed by atoms with Gasteiger partial charge in [-0.05, 0) is 12.0 Å². The summed E-state index contributed by atoms with van der Waals surface area (Å²) in [6.07, 6.45) is 6.53. The Morgan fingerprint density at radius 1 is 1.75 bits per heavy atom. The van der Waals surface area contributed by atoms with E-state index in [1.807, 2.05) is 12.2 Å². The first-order valence-corrected chi connectivity index (χ1v) is 2.35. The van der Waals surface area contributed by atoms with Crippen molar-refractivity contribution in [2.24, 2.45) is 5.11 Å². The maximum absolute atomic E-state index is 7.91. The van der Waals surface area contributed by atoms with Crippen LogP contribution in [-0.4, -0.2) is 0 Å². The van der Waals surface area contributed by atoms with Crippen LogP contribution in [0, 0.1) is 0 Å². The molecular weight excluding hydrogens is 102 g/mol. The molecule has 1 aliphatic rings. The Balaban J connectivity index is 2.72. The topological polar surface area (TPSA) is 48.8 Å². The molecule has 0 aromatic carbocycles. The Hall–Kier alpha value is -1.21. The minimum atomic E-state index is 0.729. The minimum Gasteiger partial charge on any atom is -0.0803 e. The van der Waals surface area contributed by atoms with E-state index in [1.54, 1.807) is 6.08 Å². The third-order valence-electron chi connectivity index (χ3n) is 0.912. The molecule has 1 aliphatic carbocycles. The summed E-state index contributed by atoms with van der Waals surface area (Å²) in [7, 11) is 0. The lowest BCUT2D eigenvalue weighted by molar-refractivity contribution is 1.35. The number of hydrogen-bond donors (Lipinski definition) is 0. The first kappa shape index (κ1) is 4.94. The van der Waals surface area contributed by atoms with Crippen LogP contribution >= 0.6 is 0 Å². The monoisotopic (exact) mass is 107 g/mol. The van der Waals surface area contributed by atoms with Crippen molar-refractivity contribution in [1.82, 2.24) is 0 Å². The molecule has 0 aromatic rings. The molecule has 0 radical (unpaired) electrons. The van der Waals surface area contributed by atoms with Gasteiger partial charge in [0.1, 0.15) is 0 Å². The molecule has 3 heteroatoms. The van der Waals surface area contributed by atoms with E-state index < -0.39 is 0 Å². The Kier molecular flexibility index (Phi) is 1.35. The van der Waals surface area contributed by atoms with Crippen molar-refractivity contribution >= 4 is 0 Å². The molecular formula is C5H5N3. The van der Waals surface area contributed by atoms with E-state index in [2.05, 4.69) is 10.0 Å². The molecule has 0 fully saturated rings. The van der Waals surface area contributed by atoms with Crippen molar-refractivity contribution in [3.8, 4) is 0 Å². The standard InChI is InChI=1S/C5H5N3/c6-8-7-5-3-1-2-4-5/h1,3-4H,2H2. The fraction of sp³-hybridized carbons (Fsp3) is 0.200. The van der Waals surface area contributed by atoms with Crippen molar-refractivity contribution in [2.45, 2.75) is 6.42 Å². The van der Waals surface area contributed by atoms with E-state index in [0.717, 1.165) is 12.1 Å². The van der Waals surface area contributed by atoms with E-state index in [0.29, 0.717) is 0 Å². The number of azide groups is 1. The van der Waals surface area contributed by atoms with Gasteiger partial charge in [-0.2, -0.15) is 0 Å². The fourth-order valence-corrected chi connectivity index (χ4v) is 0.571. The first-order valence-electron chi connectivity index (χ1n) is 2.35. The van der Waals surface area contributed by atoms with Crippen LogP contribution in [-0.2, 0) is 0 Å². The molecule has 8 heavy (non-hydrogen) atoms. The molecule has 0 amide bonds. The van der Waals surface area contributed by atoms with E-state index >= 15 is 0 Å². The summed E-state index contributed by atoms with van der Waals surface area (Å²) in [4.78, 5) is 2.62. The maximum atomic E-state index is 7.91. The van der Waals surface area contributed by atoms with Crippen molar-refractivity contribution in [1.29, 1.82) is 0 Å². The molecule has 1 rings (SSSR count). The summed E-state index contributed by atoms with van der Waals surface area (Å²) in [6.45, 7) is 0. The molecule has 0 spiro atoms. The van der Waals surface area contributed by atoms with Gasteiger partial charge in [0, 0.05) is 10.6 Å². The van der Waals surface area contributed by atoms with Crippen LogP contribution in [0.3, 0.4) is 0 Å². The predicted molar refractivity (Wildman–Crippen MR) is 31.0 cm³/mol. The molecule has 0 aromatic heterocycles. The van der Waals surface area contributed by atoms with Gasteiger partial charge in [0.15, 0.2) is 0 Å². The first-order chi connectivity index (χ1) is 3.93. The van der Waals surface area contributed by atoms with Crippen LogP contribution in [0.1, 0.15) is 6.42 Å². The number of hydrogen-bond acceptors (Lipinski definition) is 1. The van der Waals surface area contributed by atoms with Gasteiger partial charge in [0.25, 0.3) is 0 Å². The quantitative estimate of drug-likeness (QED) is 0.280. The van der Waals surface area contributed by atoms with E-state index in [1.165, 1.54) is 0 Å². The van der Waals surface area contributed by atoms with Gasteiger partial charge in [0.05, 0.1) is 0 Å². The van der Waals surface area contributed by atoms with Gasteiger partial charge in [0.2, 0.25) is 0 Å². The van der Waals surface area contributed by atoms with Crippen molar-refractivity contribution in [3.63, 3.8) is 0 Å². The largest absolute Gasteiger partial charge is 0.0803 e. The van der Waals surface area contributed by atoms with Crippen molar-refractivity contribution in [2.75, 3.05) is 0 Å². The zero-order chi connectivity index (χ0) is 5.82. The van der Waals surface area contributed by atoms with Gasteiger partial charge < -0.3 is 0 Å². The zero-order valence-electron chi connectivity index (χ0n) is 4.28. The lowest BCUT2D eigenvalue weighted by Gasteiger charge is -1.75. The maximum Gasteiger partial charge on any atom is 0.0335 e. The Labute approximate surface area is 46.9 Å². The zero-order valence-corrected chi connectivity index (χ0v) is 4.28. The normalized spacial score (nSPS) is 15.2. The number of allylic oxidation sites excluding steroid dienone is 3. The summed E-state index contributed by atoms with van der Waals surface area (Å²) in [5, 5.41) is 3.38. The highest BCUT2D eigenvalue weighted by molar-refractivity contribution is 5.24. The highest BCUT2D eigenvalue weighted by Gasteiger charge is 1.89. The number of nitrogens with zero attached hydrogens (tertiary/aromatic N) is 3. The summed E-state index contributed by atoms with van der Waals surface area (Å²) in [5.74, 6) is 0. The Bertz CT molecular complexity index is 184.